The zero-order valence-electron chi connectivity index (χ0n) is 8.16. The summed E-state index contributed by atoms with van der Waals surface area (Å²) in [6, 6.07) is 3.16. The topological polar surface area (TPSA) is 12.0 Å². The van der Waals surface area contributed by atoms with Crippen molar-refractivity contribution in [2.45, 2.75) is 12.3 Å². The lowest BCUT2D eigenvalue weighted by molar-refractivity contribution is -0.0157. The number of halogens is 4. The van der Waals surface area contributed by atoms with Crippen molar-refractivity contribution in [1.82, 2.24) is 5.32 Å². The molecule has 0 heterocycles. The second-order valence-electron chi connectivity index (χ2n) is 3.18. The highest BCUT2D eigenvalue weighted by atomic mass is 35.5. The number of hydrogen-bond acceptors (Lipinski definition) is 1. The first-order chi connectivity index (χ1) is 6.97. The molecule has 0 aliphatic carbocycles. The van der Waals surface area contributed by atoms with Crippen LogP contribution in [0.1, 0.15) is 12.0 Å². The van der Waals surface area contributed by atoms with Crippen molar-refractivity contribution in [2.75, 3.05) is 13.6 Å². The van der Waals surface area contributed by atoms with Crippen LogP contribution in [0.25, 0.3) is 0 Å². The molecule has 0 aromatic heterocycles. The molecule has 1 nitrogen and oxygen atoms in total. The molecule has 0 atom stereocenters. The summed E-state index contributed by atoms with van der Waals surface area (Å²) in [4.78, 5) is 0. The minimum atomic E-state index is -3.20. The van der Waals surface area contributed by atoms with Crippen molar-refractivity contribution in [3.05, 3.63) is 34.6 Å². The Bertz CT molecular complexity index is 341. The molecule has 0 saturated carbocycles. The molecule has 15 heavy (non-hydrogen) atoms. The molecule has 0 bridgehead atoms. The molecule has 1 rings (SSSR count). The van der Waals surface area contributed by atoms with Gasteiger partial charge in [0.2, 0.25) is 0 Å². The summed E-state index contributed by atoms with van der Waals surface area (Å²) >= 11 is 5.54. The number of rotatable bonds is 4. The average molecular weight is 238 g/mol. The van der Waals surface area contributed by atoms with Crippen LogP contribution in [0.5, 0.6) is 0 Å². The number of alkyl halides is 2. The van der Waals surface area contributed by atoms with E-state index in [2.05, 4.69) is 5.32 Å². The zero-order chi connectivity index (χ0) is 11.5. The highest BCUT2D eigenvalue weighted by Gasteiger charge is 2.33. The predicted molar refractivity (Wildman–Crippen MR) is 53.8 cm³/mol. The van der Waals surface area contributed by atoms with Crippen LogP contribution in [0, 0.1) is 5.82 Å². The van der Waals surface area contributed by atoms with Gasteiger partial charge in [-0.3, -0.25) is 0 Å². The van der Waals surface area contributed by atoms with E-state index in [4.69, 9.17) is 11.6 Å². The molecule has 0 radical (unpaired) electrons. The zero-order valence-corrected chi connectivity index (χ0v) is 8.91. The second-order valence-corrected chi connectivity index (χ2v) is 3.62. The fourth-order valence-electron chi connectivity index (χ4n) is 1.19. The van der Waals surface area contributed by atoms with Crippen molar-refractivity contribution in [1.29, 1.82) is 0 Å². The lowest BCUT2D eigenvalue weighted by atomic mass is 10.0. The Morgan fingerprint density at radius 3 is 2.67 bits per heavy atom. The second kappa shape index (κ2) is 4.86. The molecule has 0 saturated heterocycles. The van der Waals surface area contributed by atoms with Crippen molar-refractivity contribution >= 4 is 11.6 Å². The Labute approximate surface area is 91.2 Å². The Hall–Kier alpha value is -0.740. The fraction of sp³-hybridized carbons (Fsp3) is 0.400. The van der Waals surface area contributed by atoms with Crippen LogP contribution in [0.3, 0.4) is 0 Å². The maximum Gasteiger partial charge on any atom is 0.277 e. The third-order valence-corrected chi connectivity index (χ3v) is 2.25. The first-order valence-corrected chi connectivity index (χ1v) is 4.83. The van der Waals surface area contributed by atoms with E-state index < -0.39 is 23.7 Å². The summed E-state index contributed by atoms with van der Waals surface area (Å²) in [5.74, 6) is -4.13. The molecule has 5 heteroatoms. The van der Waals surface area contributed by atoms with Gasteiger partial charge < -0.3 is 5.32 Å². The normalized spacial score (nSPS) is 11.8. The quantitative estimate of drug-likeness (QED) is 0.848. The van der Waals surface area contributed by atoms with Crippen LogP contribution in [0.15, 0.2) is 18.2 Å². The third kappa shape index (κ3) is 3.11. The van der Waals surface area contributed by atoms with E-state index in [0.29, 0.717) is 0 Å². The van der Waals surface area contributed by atoms with E-state index in [1.807, 2.05) is 0 Å². The van der Waals surface area contributed by atoms with Crippen LogP contribution in [-0.2, 0) is 5.92 Å². The Morgan fingerprint density at radius 1 is 1.40 bits per heavy atom. The van der Waals surface area contributed by atoms with E-state index in [1.54, 1.807) is 7.05 Å². The molecule has 0 fully saturated rings. The van der Waals surface area contributed by atoms with Crippen LogP contribution in [-0.4, -0.2) is 13.6 Å². The van der Waals surface area contributed by atoms with Crippen LogP contribution >= 0.6 is 11.6 Å². The first-order valence-electron chi connectivity index (χ1n) is 4.45. The van der Waals surface area contributed by atoms with E-state index in [-0.39, 0.29) is 11.6 Å². The van der Waals surface area contributed by atoms with Crippen LogP contribution < -0.4 is 5.32 Å². The molecule has 1 N–H and O–H groups in total. The summed E-state index contributed by atoms with van der Waals surface area (Å²) in [6.45, 7) is 0.110. The van der Waals surface area contributed by atoms with Crippen molar-refractivity contribution in [3.63, 3.8) is 0 Å². The Kier molecular flexibility index (Phi) is 3.99. The third-order valence-electron chi connectivity index (χ3n) is 2.01. The number of nitrogens with one attached hydrogen (secondary N) is 1. The van der Waals surface area contributed by atoms with Gasteiger partial charge in [-0.2, -0.15) is 0 Å². The Morgan fingerprint density at radius 2 is 2.07 bits per heavy atom. The van der Waals surface area contributed by atoms with Gasteiger partial charge in [0.15, 0.2) is 0 Å². The number of benzene rings is 1. The molecule has 84 valence electrons. The van der Waals surface area contributed by atoms with E-state index in [9.17, 15) is 13.2 Å². The molecule has 1 aromatic carbocycles. The lowest BCUT2D eigenvalue weighted by Gasteiger charge is -2.17. The maximum atomic E-state index is 13.4. The van der Waals surface area contributed by atoms with Crippen LogP contribution in [0.2, 0.25) is 5.02 Å². The van der Waals surface area contributed by atoms with Gasteiger partial charge in [0.25, 0.3) is 5.92 Å². The molecule has 0 spiro atoms. The predicted octanol–water partition coefficient (Wildman–Crippen LogP) is 3.18. The lowest BCUT2D eigenvalue weighted by Crippen LogP contribution is -2.22. The number of hydrogen-bond donors (Lipinski definition) is 1. The minimum absolute atomic E-state index is 0.107. The van der Waals surface area contributed by atoms with Crippen LogP contribution in [0.4, 0.5) is 13.2 Å². The van der Waals surface area contributed by atoms with Gasteiger partial charge in [-0.05, 0) is 25.2 Å². The minimum Gasteiger partial charge on any atom is -0.320 e. The summed E-state index contributed by atoms with van der Waals surface area (Å²) in [5, 5.41) is 2.70. The standard InChI is InChI=1S/C10H11ClF3N/c1-15-5-4-10(13,14)8-6-7(11)2-3-9(8)12/h2-3,6,15H,4-5H2,1H3. The van der Waals surface area contributed by atoms with Gasteiger partial charge in [-0.1, -0.05) is 11.6 Å². The fourth-order valence-corrected chi connectivity index (χ4v) is 1.37. The SMILES string of the molecule is CNCCC(F)(F)c1cc(Cl)ccc1F. The summed E-state index contributed by atoms with van der Waals surface area (Å²) in [5.41, 5.74) is -0.648. The van der Waals surface area contributed by atoms with Crippen molar-refractivity contribution in [3.8, 4) is 0 Å². The average Bonchev–Trinajstić information content (AvgIpc) is 2.18. The van der Waals surface area contributed by atoms with Gasteiger partial charge in [0, 0.05) is 18.0 Å². The Balaban J connectivity index is 2.97. The van der Waals surface area contributed by atoms with E-state index in [1.165, 1.54) is 6.07 Å². The van der Waals surface area contributed by atoms with Gasteiger partial charge in [0.1, 0.15) is 5.82 Å². The molecule has 1 aromatic rings. The van der Waals surface area contributed by atoms with Crippen molar-refractivity contribution in [2.24, 2.45) is 0 Å². The largest absolute Gasteiger partial charge is 0.320 e. The first kappa shape index (κ1) is 12.3. The molecule has 0 amide bonds. The molecular formula is C10H11ClF3N. The molecule has 0 aliphatic rings. The van der Waals surface area contributed by atoms with E-state index >= 15 is 0 Å². The van der Waals surface area contributed by atoms with Crippen molar-refractivity contribution < 1.29 is 13.2 Å². The van der Waals surface area contributed by atoms with E-state index in [0.717, 1.165) is 12.1 Å². The highest BCUT2D eigenvalue weighted by molar-refractivity contribution is 6.30. The molecule has 0 aliphatic heterocycles. The smallest absolute Gasteiger partial charge is 0.277 e. The van der Waals surface area contributed by atoms with Gasteiger partial charge in [0.05, 0.1) is 5.56 Å². The van der Waals surface area contributed by atoms with Gasteiger partial charge in [-0.15, -0.1) is 0 Å². The molecule has 0 unspecified atom stereocenters. The molecular weight excluding hydrogens is 227 g/mol. The summed E-state index contributed by atoms with van der Waals surface area (Å²) in [7, 11) is 1.56. The summed E-state index contributed by atoms with van der Waals surface area (Å²) < 4.78 is 40.0. The highest BCUT2D eigenvalue weighted by Crippen LogP contribution is 2.34. The van der Waals surface area contributed by atoms with Gasteiger partial charge in [-0.25, -0.2) is 13.2 Å². The maximum absolute atomic E-state index is 13.4. The summed E-state index contributed by atoms with van der Waals surface area (Å²) in [6.07, 6.45) is -0.458. The van der Waals surface area contributed by atoms with Gasteiger partial charge >= 0.3 is 0 Å². The monoisotopic (exact) mass is 237 g/mol.